The maximum atomic E-state index is 13.8. The van der Waals surface area contributed by atoms with E-state index in [0.717, 1.165) is 0 Å². The number of sulfonamides is 1. The first-order valence-corrected chi connectivity index (χ1v) is 17.3. The van der Waals surface area contributed by atoms with Gasteiger partial charge in [0, 0.05) is 30.7 Å². The molecule has 0 heterocycles. The molecule has 268 valence electrons. The van der Waals surface area contributed by atoms with Crippen LogP contribution in [0.2, 0.25) is 0 Å². The van der Waals surface area contributed by atoms with Crippen LogP contribution in [-0.2, 0) is 47.9 Å². The Labute approximate surface area is 290 Å². The van der Waals surface area contributed by atoms with Crippen LogP contribution in [0, 0.1) is 15.5 Å². The zero-order valence-corrected chi connectivity index (χ0v) is 28.8. The number of phenolic OH excluding ortho intramolecular Hbond substituents is 1. The summed E-state index contributed by atoms with van der Waals surface area (Å²) in [6, 6.07) is 15.0. The Morgan fingerprint density at radius 1 is 0.900 bits per heavy atom. The molecule has 0 aliphatic rings. The van der Waals surface area contributed by atoms with Crippen molar-refractivity contribution in [3.05, 3.63) is 105 Å². The molecule has 2 atom stereocenters. The summed E-state index contributed by atoms with van der Waals surface area (Å²) >= 11 is 0. The molecule has 0 bridgehead atoms. The molecular formula is C34H42N6O9S. The number of aromatic hydroxyl groups is 1. The number of phenols is 1. The average molecular weight is 711 g/mol. The first kappa shape index (κ1) is 39.1. The minimum atomic E-state index is -4.20. The van der Waals surface area contributed by atoms with Gasteiger partial charge in [-0.25, -0.2) is 13.1 Å². The molecule has 0 fully saturated rings. The van der Waals surface area contributed by atoms with Gasteiger partial charge in [0.2, 0.25) is 21.8 Å². The topological polar surface area (TPSA) is 244 Å². The quantitative estimate of drug-likeness (QED) is 0.0393. The summed E-state index contributed by atoms with van der Waals surface area (Å²) in [5.41, 5.74) is 6.62. The van der Waals surface area contributed by atoms with Gasteiger partial charge in [0.25, 0.3) is 5.69 Å². The third-order valence-electron chi connectivity index (χ3n) is 7.22. The van der Waals surface area contributed by atoms with E-state index in [1.165, 1.54) is 36.4 Å². The number of aryl methyl sites for hydroxylation is 1. The SMILES string of the molecule is CC(C)(C)OC(=O)CC[C@@H](NC(=O)[C@@H](CCc1ccc(O)cc1)NS(=O)(=O)Cc1ccc([N+](=O)[O-])cc1)C(=O)NCc1ccc(C(=N)N)cc1. The highest BCUT2D eigenvalue weighted by Crippen LogP contribution is 2.17. The van der Waals surface area contributed by atoms with Crippen molar-refractivity contribution in [2.24, 2.45) is 5.73 Å². The largest absolute Gasteiger partial charge is 0.508 e. The lowest BCUT2D eigenvalue weighted by atomic mass is 10.0. The fourth-order valence-electron chi connectivity index (χ4n) is 4.72. The molecule has 0 aromatic heterocycles. The van der Waals surface area contributed by atoms with Gasteiger partial charge in [-0.05, 0) is 68.9 Å². The van der Waals surface area contributed by atoms with Crippen LogP contribution in [-0.4, -0.2) is 59.8 Å². The second kappa shape index (κ2) is 17.3. The van der Waals surface area contributed by atoms with Crippen molar-refractivity contribution in [2.45, 2.75) is 76.4 Å². The van der Waals surface area contributed by atoms with Crippen LogP contribution in [0.1, 0.15) is 62.3 Å². The Balaban J connectivity index is 1.82. The van der Waals surface area contributed by atoms with E-state index in [1.807, 2.05) is 0 Å². The number of hydrogen-bond acceptors (Lipinski definition) is 10. The predicted octanol–water partition coefficient (Wildman–Crippen LogP) is 2.93. The molecule has 3 aromatic carbocycles. The molecular weight excluding hydrogens is 668 g/mol. The molecule has 50 heavy (non-hydrogen) atoms. The van der Waals surface area contributed by atoms with Crippen LogP contribution in [0.5, 0.6) is 5.75 Å². The summed E-state index contributed by atoms with van der Waals surface area (Å²) in [7, 11) is -4.20. The van der Waals surface area contributed by atoms with Crippen LogP contribution in [0.25, 0.3) is 0 Å². The Bertz CT molecular complexity index is 1770. The van der Waals surface area contributed by atoms with E-state index < -0.39 is 56.2 Å². The van der Waals surface area contributed by atoms with Gasteiger partial charge in [0.15, 0.2) is 0 Å². The van der Waals surface area contributed by atoms with E-state index >= 15 is 0 Å². The summed E-state index contributed by atoms with van der Waals surface area (Å²) in [4.78, 5) is 50.1. The van der Waals surface area contributed by atoms with Crippen molar-refractivity contribution >= 4 is 39.3 Å². The van der Waals surface area contributed by atoms with Crippen LogP contribution in [0.3, 0.4) is 0 Å². The van der Waals surface area contributed by atoms with Gasteiger partial charge in [-0.15, -0.1) is 0 Å². The maximum Gasteiger partial charge on any atom is 0.306 e. The lowest BCUT2D eigenvalue weighted by Gasteiger charge is -2.24. The molecule has 0 radical (unpaired) electrons. The standard InChI is InChI=1S/C34H42N6O9S/c1-34(2,3)49-30(42)19-18-28(32(43)37-20-23-4-11-25(12-5-23)31(35)36)38-33(44)29(17-10-22-8-15-27(41)16-9-22)39-50(47,48)21-24-6-13-26(14-7-24)40(45)46/h4-9,11-16,28-29,39,41H,10,17-21H2,1-3H3,(H3,35,36)(H,37,43)(H,38,44)/t28-,29-/m1/s1. The van der Waals surface area contributed by atoms with Crippen molar-refractivity contribution in [1.29, 1.82) is 5.41 Å². The van der Waals surface area contributed by atoms with Crippen molar-refractivity contribution in [3.63, 3.8) is 0 Å². The van der Waals surface area contributed by atoms with Crippen LogP contribution in [0.15, 0.2) is 72.8 Å². The van der Waals surface area contributed by atoms with Gasteiger partial charge in [0.1, 0.15) is 29.3 Å². The van der Waals surface area contributed by atoms with Crippen molar-refractivity contribution in [2.75, 3.05) is 0 Å². The van der Waals surface area contributed by atoms with Gasteiger partial charge in [-0.1, -0.05) is 48.5 Å². The number of esters is 1. The average Bonchev–Trinajstić information content (AvgIpc) is 3.03. The number of nitrogens with zero attached hydrogens (tertiary/aromatic N) is 1. The van der Waals surface area contributed by atoms with Crippen molar-refractivity contribution < 1.29 is 37.6 Å². The number of amides is 2. The lowest BCUT2D eigenvalue weighted by molar-refractivity contribution is -0.384. The molecule has 0 saturated carbocycles. The number of nitrogens with two attached hydrogens (primary N) is 1. The van der Waals surface area contributed by atoms with E-state index in [4.69, 9.17) is 15.9 Å². The number of ether oxygens (including phenoxy) is 1. The van der Waals surface area contributed by atoms with Gasteiger partial charge < -0.3 is 26.2 Å². The first-order chi connectivity index (χ1) is 23.4. The minimum Gasteiger partial charge on any atom is -0.508 e. The third kappa shape index (κ3) is 13.3. The number of benzene rings is 3. The number of amidine groups is 1. The predicted molar refractivity (Wildman–Crippen MR) is 185 cm³/mol. The number of nitrogen functional groups attached to an aromatic ring is 1. The van der Waals surface area contributed by atoms with Gasteiger partial charge in [0.05, 0.1) is 10.7 Å². The number of nitrogens with one attached hydrogen (secondary N) is 4. The van der Waals surface area contributed by atoms with Gasteiger partial charge in [-0.2, -0.15) is 0 Å². The number of nitro groups is 1. The molecule has 0 spiro atoms. The molecule has 16 heteroatoms. The highest BCUT2D eigenvalue weighted by atomic mass is 32.2. The third-order valence-corrected chi connectivity index (χ3v) is 8.58. The molecule has 15 nitrogen and oxygen atoms in total. The zero-order chi connectivity index (χ0) is 37.1. The van der Waals surface area contributed by atoms with E-state index in [9.17, 15) is 38.0 Å². The Hall–Kier alpha value is -5.35. The number of hydrogen-bond donors (Lipinski definition) is 6. The van der Waals surface area contributed by atoms with Gasteiger partial charge in [-0.3, -0.25) is 29.9 Å². The van der Waals surface area contributed by atoms with Crippen molar-refractivity contribution in [1.82, 2.24) is 15.4 Å². The summed E-state index contributed by atoms with van der Waals surface area (Å²) in [5, 5.41) is 33.5. The van der Waals surface area contributed by atoms with Crippen LogP contribution >= 0.6 is 0 Å². The molecule has 3 rings (SSSR count). The fraction of sp³-hybridized carbons (Fsp3) is 0.353. The smallest absolute Gasteiger partial charge is 0.306 e. The number of nitro benzene ring substituents is 1. The number of non-ortho nitro benzene ring substituents is 1. The molecule has 0 unspecified atom stereocenters. The fourth-order valence-corrected chi connectivity index (χ4v) is 6.09. The molecule has 0 saturated heterocycles. The van der Waals surface area contributed by atoms with Gasteiger partial charge >= 0.3 is 5.97 Å². The first-order valence-electron chi connectivity index (χ1n) is 15.7. The lowest BCUT2D eigenvalue weighted by Crippen LogP contribution is -2.54. The number of rotatable bonds is 17. The number of carbonyl (C=O) groups excluding carboxylic acids is 3. The monoisotopic (exact) mass is 710 g/mol. The Morgan fingerprint density at radius 3 is 2.04 bits per heavy atom. The van der Waals surface area contributed by atoms with Crippen molar-refractivity contribution in [3.8, 4) is 5.75 Å². The molecule has 0 aliphatic heterocycles. The Kier molecular flexibility index (Phi) is 13.6. The van der Waals surface area contributed by atoms with Crippen LogP contribution in [0.4, 0.5) is 5.69 Å². The second-order valence-electron chi connectivity index (χ2n) is 12.6. The maximum absolute atomic E-state index is 13.8. The summed E-state index contributed by atoms with van der Waals surface area (Å²) < 4.78 is 34.3. The molecule has 0 aliphatic carbocycles. The number of carbonyl (C=O) groups is 3. The van der Waals surface area contributed by atoms with E-state index in [-0.39, 0.29) is 55.1 Å². The normalized spacial score (nSPS) is 12.7. The molecule has 2 amide bonds. The molecule has 3 aromatic rings. The highest BCUT2D eigenvalue weighted by molar-refractivity contribution is 7.88. The minimum absolute atomic E-state index is 0.0282. The Morgan fingerprint density at radius 2 is 1.48 bits per heavy atom. The summed E-state index contributed by atoms with van der Waals surface area (Å²) in [5.74, 6) is -2.74. The van der Waals surface area contributed by atoms with Crippen LogP contribution < -0.4 is 21.1 Å². The summed E-state index contributed by atoms with van der Waals surface area (Å²) in [6.45, 7) is 5.11. The summed E-state index contributed by atoms with van der Waals surface area (Å²) in [6.07, 6.45) is -0.217. The second-order valence-corrected chi connectivity index (χ2v) is 14.3. The van der Waals surface area contributed by atoms with E-state index in [0.29, 0.717) is 16.7 Å². The highest BCUT2D eigenvalue weighted by Gasteiger charge is 2.30. The van der Waals surface area contributed by atoms with E-state index in [2.05, 4.69) is 15.4 Å². The molecule has 7 N–H and O–H groups in total. The zero-order valence-electron chi connectivity index (χ0n) is 28.0. The van der Waals surface area contributed by atoms with E-state index in [1.54, 1.807) is 57.2 Å².